The molecule has 0 aromatic rings. The Morgan fingerprint density at radius 1 is 0.857 bits per heavy atom. The first-order chi connectivity index (χ1) is 10.3. The minimum absolute atomic E-state index is 0.0326. The zero-order valence-electron chi connectivity index (χ0n) is 11.7. The fraction of sp³-hybridized carbons (Fsp3) is 0.562. The Morgan fingerprint density at radius 3 is 2.10 bits per heavy atom. The highest BCUT2D eigenvalue weighted by Gasteiger charge is 2.43. The molecule has 0 saturated heterocycles. The third-order valence-electron chi connectivity index (χ3n) is 4.32. The van der Waals surface area contributed by atoms with E-state index in [-0.39, 0.29) is 28.0 Å². The summed E-state index contributed by atoms with van der Waals surface area (Å²) in [5.74, 6) is 5.15. The van der Waals surface area contributed by atoms with Crippen molar-refractivity contribution < 1.29 is 19.2 Å². The van der Waals surface area contributed by atoms with Gasteiger partial charge in [-0.25, -0.2) is 14.4 Å². The van der Waals surface area contributed by atoms with Crippen LogP contribution in [0.2, 0.25) is 0 Å². The quantitative estimate of drug-likeness (QED) is 0.580. The molecule has 0 heterocycles. The molecule has 2 fully saturated rings. The maximum atomic E-state index is 11.5. The van der Waals surface area contributed by atoms with Crippen LogP contribution >= 0.6 is 7.55 Å². The van der Waals surface area contributed by atoms with E-state index < -0.39 is 7.55 Å². The summed E-state index contributed by atoms with van der Waals surface area (Å²) in [6.45, 7) is 0. The third kappa shape index (κ3) is 3.12. The summed E-state index contributed by atoms with van der Waals surface area (Å²) in [6.07, 6.45) is 6.17. The molecular formula is C16H16O4P+. The van der Waals surface area contributed by atoms with Crippen LogP contribution in [0.3, 0.4) is 0 Å². The molecule has 0 aromatic carbocycles. The van der Waals surface area contributed by atoms with Crippen molar-refractivity contribution in [2.75, 3.05) is 0 Å². The van der Waals surface area contributed by atoms with Crippen molar-refractivity contribution in [1.82, 2.24) is 0 Å². The van der Waals surface area contributed by atoms with Gasteiger partial charge in [0, 0.05) is 6.42 Å². The highest BCUT2D eigenvalue weighted by molar-refractivity contribution is 7.58. The smallest absolute Gasteiger partial charge is 0.233 e. The minimum Gasteiger partial charge on any atom is -0.233 e. The third-order valence-corrected chi connectivity index (χ3v) is 7.02. The number of rotatable bonds is 2. The van der Waals surface area contributed by atoms with Gasteiger partial charge in [-0.05, 0) is 32.1 Å². The first kappa shape index (κ1) is 15.6. The molecule has 0 aromatic heterocycles. The van der Waals surface area contributed by atoms with Crippen LogP contribution in [0, 0.1) is 0 Å². The lowest BCUT2D eigenvalue weighted by Crippen LogP contribution is -2.23. The summed E-state index contributed by atoms with van der Waals surface area (Å²) in [7, 11) is -1.14. The molecule has 2 rings (SSSR count). The summed E-state index contributed by atoms with van der Waals surface area (Å²) in [5, 5.41) is 0. The van der Waals surface area contributed by atoms with Gasteiger partial charge in [-0.1, -0.05) is 6.42 Å². The highest BCUT2D eigenvalue weighted by Crippen LogP contribution is 2.50. The van der Waals surface area contributed by atoms with Crippen molar-refractivity contribution in [1.29, 1.82) is 0 Å². The average molecular weight is 303 g/mol. The Morgan fingerprint density at radius 2 is 1.57 bits per heavy atom. The van der Waals surface area contributed by atoms with E-state index in [1.165, 1.54) is 6.42 Å². The maximum Gasteiger partial charge on any atom is 0.331 e. The average Bonchev–Trinajstić information content (AvgIpc) is 2.55. The molecule has 0 aliphatic heterocycles. The van der Waals surface area contributed by atoms with Gasteiger partial charge in [0.1, 0.15) is 29.1 Å². The molecule has 0 bridgehead atoms. The second-order valence-electron chi connectivity index (χ2n) is 5.42. The van der Waals surface area contributed by atoms with E-state index >= 15 is 0 Å². The molecule has 0 radical (unpaired) electrons. The molecule has 2 aliphatic rings. The van der Waals surface area contributed by atoms with E-state index in [4.69, 9.17) is 0 Å². The standard InChI is InChI=1S/C16H16O4P/c17-8-12-6-7-16(15(10-19)14(12)9-18)21(11-20)13-4-2-1-3-5-13/h13,16H,1-7H2/q+1. The summed E-state index contributed by atoms with van der Waals surface area (Å²) in [6, 6.07) is 0. The molecule has 108 valence electrons. The number of carbonyl (C=O) groups excluding carboxylic acids is 4. The molecule has 0 spiro atoms. The number of hydrogen-bond acceptors (Lipinski definition) is 4. The molecule has 5 heteroatoms. The second kappa shape index (κ2) is 7.30. The Balaban J connectivity index is 2.38. The maximum absolute atomic E-state index is 11.5. The van der Waals surface area contributed by atoms with Gasteiger partial charge in [0.05, 0.1) is 11.1 Å². The lowest BCUT2D eigenvalue weighted by atomic mass is 9.87. The van der Waals surface area contributed by atoms with Crippen LogP contribution in [0.25, 0.3) is 0 Å². The largest absolute Gasteiger partial charge is 0.331 e. The van der Waals surface area contributed by atoms with Gasteiger partial charge in [-0.15, -0.1) is 0 Å². The summed E-state index contributed by atoms with van der Waals surface area (Å²) >= 11 is 0. The van der Waals surface area contributed by atoms with Crippen molar-refractivity contribution in [3.63, 3.8) is 0 Å². The zero-order valence-corrected chi connectivity index (χ0v) is 12.6. The van der Waals surface area contributed by atoms with Crippen LogP contribution in [0.5, 0.6) is 0 Å². The lowest BCUT2D eigenvalue weighted by Gasteiger charge is -2.23. The van der Waals surface area contributed by atoms with Gasteiger partial charge in [0.2, 0.25) is 7.55 Å². The van der Waals surface area contributed by atoms with Crippen LogP contribution in [0.1, 0.15) is 44.9 Å². The minimum atomic E-state index is -1.14. The van der Waals surface area contributed by atoms with Gasteiger partial charge in [0.25, 0.3) is 0 Å². The molecule has 2 atom stereocenters. The normalized spacial score (nSPS) is 23.7. The van der Waals surface area contributed by atoms with Crippen molar-refractivity contribution in [2.24, 2.45) is 0 Å². The Kier molecular flexibility index (Phi) is 5.43. The van der Waals surface area contributed by atoms with Gasteiger partial charge < -0.3 is 0 Å². The Labute approximate surface area is 124 Å². The number of allylic oxidation sites excluding steroid dienone is 3. The fourth-order valence-electron chi connectivity index (χ4n) is 3.25. The van der Waals surface area contributed by atoms with Crippen molar-refractivity contribution >= 4 is 31.0 Å². The molecule has 0 N–H and O–H groups in total. The van der Waals surface area contributed by atoms with Crippen molar-refractivity contribution in [3.8, 4) is 0 Å². The SMILES string of the molecule is O=C=C1CCC([P+](=C=O)C2CCCCC2)C(=C=O)C1=C=O. The highest BCUT2D eigenvalue weighted by atomic mass is 31.1. The molecule has 2 aliphatic carbocycles. The second-order valence-corrected chi connectivity index (χ2v) is 7.77. The monoisotopic (exact) mass is 303 g/mol. The molecule has 0 amide bonds. The molecule has 2 unspecified atom stereocenters. The lowest BCUT2D eigenvalue weighted by molar-refractivity contribution is 0.509. The molecule has 2 saturated carbocycles. The van der Waals surface area contributed by atoms with Gasteiger partial charge in [0.15, 0.2) is 5.66 Å². The summed E-state index contributed by atoms with van der Waals surface area (Å²) in [5.41, 5.74) is 2.36. The first-order valence-corrected chi connectivity index (χ1v) is 8.65. The van der Waals surface area contributed by atoms with Crippen LogP contribution in [-0.2, 0) is 19.2 Å². The summed E-state index contributed by atoms with van der Waals surface area (Å²) < 4.78 is 0. The van der Waals surface area contributed by atoms with E-state index in [0.29, 0.717) is 12.8 Å². The van der Waals surface area contributed by atoms with Gasteiger partial charge in [-0.3, -0.25) is 0 Å². The van der Waals surface area contributed by atoms with Gasteiger partial charge >= 0.3 is 5.66 Å². The van der Waals surface area contributed by atoms with E-state index in [9.17, 15) is 19.2 Å². The molecule has 21 heavy (non-hydrogen) atoms. The van der Waals surface area contributed by atoms with Crippen LogP contribution in [0.4, 0.5) is 0 Å². The van der Waals surface area contributed by atoms with Crippen LogP contribution in [-0.4, -0.2) is 34.8 Å². The zero-order chi connectivity index (χ0) is 15.2. The topological polar surface area (TPSA) is 68.3 Å². The number of hydrogen-bond donors (Lipinski definition) is 0. The fourth-order valence-corrected chi connectivity index (χ4v) is 5.82. The van der Waals surface area contributed by atoms with Crippen LogP contribution in [0.15, 0.2) is 16.7 Å². The van der Waals surface area contributed by atoms with E-state index in [2.05, 4.69) is 5.66 Å². The van der Waals surface area contributed by atoms with Gasteiger partial charge in [-0.2, -0.15) is 4.79 Å². The molecule has 4 nitrogen and oxygen atoms in total. The van der Waals surface area contributed by atoms with E-state index in [1.807, 2.05) is 0 Å². The summed E-state index contributed by atoms with van der Waals surface area (Å²) in [4.78, 5) is 44.7. The molecular weight excluding hydrogens is 287 g/mol. The van der Waals surface area contributed by atoms with E-state index in [1.54, 1.807) is 17.8 Å². The Hall–Kier alpha value is -1.77. The van der Waals surface area contributed by atoms with Crippen molar-refractivity contribution in [2.45, 2.75) is 56.3 Å². The predicted octanol–water partition coefficient (Wildman–Crippen LogP) is 2.30. The Bertz CT molecular complexity index is 631. The van der Waals surface area contributed by atoms with E-state index in [0.717, 1.165) is 25.7 Å². The first-order valence-electron chi connectivity index (χ1n) is 7.17. The predicted molar refractivity (Wildman–Crippen MR) is 80.1 cm³/mol. The van der Waals surface area contributed by atoms with Crippen molar-refractivity contribution in [3.05, 3.63) is 16.7 Å². The van der Waals surface area contributed by atoms with Crippen LogP contribution < -0.4 is 0 Å².